The molecule has 0 saturated carbocycles. The van der Waals surface area contributed by atoms with Crippen LogP contribution in [0.15, 0.2) is 53.0 Å². The summed E-state index contributed by atoms with van der Waals surface area (Å²) in [5.74, 6) is -2.59. The fourth-order valence-corrected chi connectivity index (χ4v) is 3.59. The number of anilines is 1. The number of carboxylic acid groups (broad SMARTS) is 1. The van der Waals surface area contributed by atoms with Crippen molar-refractivity contribution in [3.8, 4) is 17.6 Å². The number of hydrogen-bond acceptors (Lipinski definition) is 4. The van der Waals surface area contributed by atoms with Crippen LogP contribution < -0.4 is 10.1 Å². The molecule has 32 heavy (non-hydrogen) atoms. The van der Waals surface area contributed by atoms with Gasteiger partial charge in [0.05, 0.1) is 33.8 Å². The number of aromatic carboxylic acids is 1. The molecule has 3 aromatic rings. The van der Waals surface area contributed by atoms with E-state index < -0.39 is 17.7 Å². The van der Waals surface area contributed by atoms with Gasteiger partial charge in [-0.1, -0.05) is 29.8 Å². The van der Waals surface area contributed by atoms with Gasteiger partial charge in [-0.15, -0.1) is 0 Å². The third-order valence-corrected chi connectivity index (χ3v) is 5.31. The minimum atomic E-state index is -1.19. The Balaban J connectivity index is 1.87. The molecule has 0 atom stereocenters. The topological polar surface area (TPSA) is 99.4 Å². The van der Waals surface area contributed by atoms with E-state index in [1.165, 1.54) is 36.4 Å². The molecule has 0 aromatic heterocycles. The van der Waals surface area contributed by atoms with Crippen molar-refractivity contribution in [2.75, 3.05) is 5.32 Å². The van der Waals surface area contributed by atoms with Crippen LogP contribution in [-0.2, 0) is 11.2 Å². The second kappa shape index (κ2) is 9.81. The van der Waals surface area contributed by atoms with Gasteiger partial charge < -0.3 is 15.2 Å². The summed E-state index contributed by atoms with van der Waals surface area (Å²) >= 11 is 9.19. The van der Waals surface area contributed by atoms with Crippen LogP contribution >= 0.6 is 27.5 Å². The lowest BCUT2D eigenvalue weighted by Crippen LogP contribution is -2.18. The molecule has 0 spiro atoms. The molecule has 9 heteroatoms. The van der Waals surface area contributed by atoms with Gasteiger partial charge in [0.1, 0.15) is 5.75 Å². The van der Waals surface area contributed by atoms with Crippen LogP contribution in [0.25, 0.3) is 0 Å². The van der Waals surface area contributed by atoms with Crippen molar-refractivity contribution in [1.29, 1.82) is 5.26 Å². The number of nitrogens with one attached hydrogen (secondary N) is 1. The second-order valence-corrected chi connectivity index (χ2v) is 8.06. The number of halogens is 3. The molecule has 0 aliphatic carbocycles. The Kier molecular flexibility index (Phi) is 7.13. The Morgan fingerprint density at radius 1 is 1.25 bits per heavy atom. The molecular weight excluding hydrogens is 503 g/mol. The molecule has 0 saturated heterocycles. The molecule has 6 nitrogen and oxygen atoms in total. The number of ether oxygens (including phenoxy) is 1. The first-order valence-electron chi connectivity index (χ1n) is 9.17. The molecule has 3 rings (SSSR count). The first kappa shape index (κ1) is 23.3. The Morgan fingerprint density at radius 2 is 2.00 bits per heavy atom. The number of aryl methyl sites for hydroxylation is 1. The van der Waals surface area contributed by atoms with Crippen LogP contribution in [0.3, 0.4) is 0 Å². The van der Waals surface area contributed by atoms with E-state index in [0.29, 0.717) is 10.0 Å². The van der Waals surface area contributed by atoms with E-state index in [1.54, 1.807) is 19.1 Å². The maximum absolute atomic E-state index is 15.2. The summed E-state index contributed by atoms with van der Waals surface area (Å²) in [6.45, 7) is 1.66. The predicted molar refractivity (Wildman–Crippen MR) is 121 cm³/mol. The maximum atomic E-state index is 15.2. The molecular formula is C23H15BrClFN2O4. The smallest absolute Gasteiger partial charge is 0.337 e. The van der Waals surface area contributed by atoms with Gasteiger partial charge >= 0.3 is 5.97 Å². The number of benzene rings is 3. The van der Waals surface area contributed by atoms with Gasteiger partial charge in [-0.05, 0) is 58.7 Å². The minimum absolute atomic E-state index is 0.0358. The van der Waals surface area contributed by atoms with E-state index in [0.717, 1.165) is 0 Å². The van der Waals surface area contributed by atoms with Crippen LogP contribution in [-0.4, -0.2) is 17.0 Å². The fourth-order valence-electron chi connectivity index (χ4n) is 2.98. The summed E-state index contributed by atoms with van der Waals surface area (Å²) in [6.07, 6.45) is -0.359. The number of carbonyl (C=O) groups is 2. The maximum Gasteiger partial charge on any atom is 0.337 e. The molecule has 0 radical (unpaired) electrons. The van der Waals surface area contributed by atoms with E-state index in [2.05, 4.69) is 21.2 Å². The lowest BCUT2D eigenvalue weighted by Gasteiger charge is -2.14. The molecule has 2 N–H and O–H groups in total. The quantitative estimate of drug-likeness (QED) is 0.412. The standard InChI is InChI=1S/C23H15BrClFN2O4/c1-12-3-2-4-17(23(30)31)21(12)28-19(29)9-14-5-6-18(24)22(20(14)26)32-16-8-13(11-27)7-15(25)10-16/h2-8,10H,9H2,1H3,(H,28,29)(H,30,31). The molecule has 1 amide bonds. The summed E-state index contributed by atoms with van der Waals surface area (Å²) in [4.78, 5) is 24.0. The van der Waals surface area contributed by atoms with Crippen molar-refractivity contribution in [2.45, 2.75) is 13.3 Å². The van der Waals surface area contributed by atoms with Crippen molar-refractivity contribution in [3.63, 3.8) is 0 Å². The lowest BCUT2D eigenvalue weighted by atomic mass is 10.1. The third kappa shape index (κ3) is 5.25. The largest absolute Gasteiger partial charge is 0.478 e. The summed E-state index contributed by atoms with van der Waals surface area (Å²) in [5, 5.41) is 21.2. The summed E-state index contributed by atoms with van der Waals surface area (Å²) in [6, 6.07) is 13.8. The van der Waals surface area contributed by atoms with Crippen LogP contribution in [0.5, 0.6) is 11.5 Å². The highest BCUT2D eigenvalue weighted by atomic mass is 79.9. The van der Waals surface area contributed by atoms with Crippen molar-refractivity contribution in [2.24, 2.45) is 0 Å². The number of carboxylic acids is 1. The molecule has 0 aliphatic rings. The highest BCUT2D eigenvalue weighted by Gasteiger charge is 2.19. The van der Waals surface area contributed by atoms with Crippen LogP contribution in [0.1, 0.15) is 27.0 Å². The van der Waals surface area contributed by atoms with Gasteiger partial charge in [0.15, 0.2) is 11.6 Å². The zero-order chi connectivity index (χ0) is 23.4. The van der Waals surface area contributed by atoms with E-state index in [9.17, 15) is 14.7 Å². The number of nitrogens with zero attached hydrogens (tertiary/aromatic N) is 1. The van der Waals surface area contributed by atoms with E-state index in [-0.39, 0.29) is 45.3 Å². The molecule has 0 unspecified atom stereocenters. The average molecular weight is 518 g/mol. The first-order chi connectivity index (χ1) is 15.2. The number of hydrogen-bond donors (Lipinski definition) is 2. The molecule has 0 heterocycles. The van der Waals surface area contributed by atoms with E-state index in [1.807, 2.05) is 6.07 Å². The zero-order valence-electron chi connectivity index (χ0n) is 16.6. The lowest BCUT2D eigenvalue weighted by molar-refractivity contribution is -0.115. The van der Waals surface area contributed by atoms with Gasteiger partial charge in [0.25, 0.3) is 0 Å². The SMILES string of the molecule is Cc1cccc(C(=O)O)c1NC(=O)Cc1ccc(Br)c(Oc2cc(Cl)cc(C#N)c2)c1F. The average Bonchev–Trinajstić information content (AvgIpc) is 2.74. The van der Waals surface area contributed by atoms with Crippen molar-refractivity contribution < 1.29 is 23.8 Å². The van der Waals surface area contributed by atoms with Gasteiger partial charge in [0, 0.05) is 10.6 Å². The Labute approximate surface area is 196 Å². The van der Waals surface area contributed by atoms with Gasteiger partial charge in [-0.3, -0.25) is 4.79 Å². The van der Waals surface area contributed by atoms with Gasteiger partial charge in [-0.25, -0.2) is 9.18 Å². The number of para-hydroxylation sites is 1. The van der Waals surface area contributed by atoms with Crippen LogP contribution in [0.4, 0.5) is 10.1 Å². The van der Waals surface area contributed by atoms with Crippen molar-refractivity contribution in [1.82, 2.24) is 0 Å². The number of carbonyl (C=O) groups excluding carboxylic acids is 1. The minimum Gasteiger partial charge on any atom is -0.478 e. The summed E-state index contributed by atoms with van der Waals surface area (Å²) < 4.78 is 21.1. The Hall–Kier alpha value is -3.41. The van der Waals surface area contributed by atoms with Crippen molar-refractivity contribution in [3.05, 3.63) is 86.1 Å². The van der Waals surface area contributed by atoms with E-state index in [4.69, 9.17) is 21.6 Å². The summed E-state index contributed by atoms with van der Waals surface area (Å²) in [5.41, 5.74) is 0.934. The van der Waals surface area contributed by atoms with Crippen molar-refractivity contribution >= 4 is 45.1 Å². The fraction of sp³-hybridized carbons (Fsp3) is 0.0870. The monoisotopic (exact) mass is 516 g/mol. The molecule has 0 fully saturated rings. The zero-order valence-corrected chi connectivity index (χ0v) is 18.9. The molecule has 162 valence electrons. The van der Waals surface area contributed by atoms with E-state index >= 15 is 4.39 Å². The first-order valence-corrected chi connectivity index (χ1v) is 10.3. The third-order valence-electron chi connectivity index (χ3n) is 4.47. The van der Waals surface area contributed by atoms with Gasteiger partial charge in [-0.2, -0.15) is 5.26 Å². The molecule has 0 bridgehead atoms. The highest BCUT2D eigenvalue weighted by Crippen LogP contribution is 2.35. The normalized spacial score (nSPS) is 10.3. The van der Waals surface area contributed by atoms with Crippen LogP contribution in [0, 0.1) is 24.1 Å². The second-order valence-electron chi connectivity index (χ2n) is 6.77. The Bertz CT molecular complexity index is 1270. The van der Waals surface area contributed by atoms with Crippen LogP contribution in [0.2, 0.25) is 5.02 Å². The predicted octanol–water partition coefficient (Wildman–Crippen LogP) is 6.09. The molecule has 3 aromatic carbocycles. The molecule has 0 aliphatic heterocycles. The highest BCUT2D eigenvalue weighted by molar-refractivity contribution is 9.10. The number of amides is 1. The Morgan fingerprint density at radius 3 is 2.69 bits per heavy atom. The summed E-state index contributed by atoms with van der Waals surface area (Å²) in [7, 11) is 0. The number of rotatable bonds is 6. The van der Waals surface area contributed by atoms with Gasteiger partial charge in [0.2, 0.25) is 5.91 Å². The number of nitriles is 1.